The Balaban J connectivity index is 0.00000380. The minimum atomic E-state index is -5.02. The third-order valence-corrected chi connectivity index (χ3v) is 7.33. The summed E-state index contributed by atoms with van der Waals surface area (Å²) in [6.07, 6.45) is 0. The predicted octanol–water partition coefficient (Wildman–Crippen LogP) is -3.59. The molecule has 3 aromatic carbocycles. The maximum atomic E-state index is 12.3. The molecule has 19 heteroatoms. The Morgan fingerprint density at radius 3 is 2.31 bits per heavy atom. The van der Waals surface area contributed by atoms with Crippen LogP contribution in [-0.2, 0) is 38.6 Å². The number of benzene rings is 3. The first-order valence-electron chi connectivity index (χ1n) is 9.95. The fourth-order valence-electron chi connectivity index (χ4n) is 3.03. The van der Waals surface area contributed by atoms with Crippen molar-refractivity contribution >= 4 is 66.0 Å². The second kappa shape index (κ2) is 15.7. The van der Waals surface area contributed by atoms with Gasteiger partial charge in [-0.2, -0.15) is 9.45 Å². The van der Waals surface area contributed by atoms with Gasteiger partial charge in [-0.1, -0.05) is 0 Å². The fourth-order valence-corrected chi connectivity index (χ4v) is 5.01. The Bertz CT molecular complexity index is 1550. The van der Waals surface area contributed by atoms with Gasteiger partial charge in [-0.05, 0) is 53.9 Å². The van der Waals surface area contributed by atoms with Gasteiger partial charge in [0.1, 0.15) is 5.69 Å². The number of rotatable bonds is 11. The Labute approximate surface area is 271 Å². The molecule has 0 aliphatic heterocycles. The predicted molar refractivity (Wildman–Crippen MR) is 126 cm³/mol. The molecule has 0 saturated heterocycles. The molecule has 39 heavy (non-hydrogen) atoms. The molecule has 2 N–H and O–H groups in total. The van der Waals surface area contributed by atoms with E-state index in [9.17, 15) is 36.5 Å². The SMILES string of the molecule is CC(=O)Nc1ccc2c(O)c(N=Nc3ccc(S(=O)(=O)CCOS(=O)(=O)[O-])cc3)c(SOO[O-])cc2c1.[Na+].[Na+]. The summed E-state index contributed by atoms with van der Waals surface area (Å²) in [6.45, 7) is 0.503. The standard InChI is InChI=1S/C20H19N3O11S3.2Na/c1-12(24)21-15-4-7-17-13(10-15)11-18(35-34-33-26)19(20(17)25)23-22-14-2-5-16(6-3-14)36(27,28)9-8-32-37(29,30)31;;/h2-7,10-11,25-26H,8-9H2,1H3,(H,21,24)(H,29,30,31);;/q;2*+1/p-2. The molecule has 0 unspecified atom stereocenters. The number of carbonyl (C=O) groups is 1. The molecule has 0 bridgehead atoms. The summed E-state index contributed by atoms with van der Waals surface area (Å²) in [5, 5.41) is 35.9. The quantitative estimate of drug-likeness (QED) is 0.0406. The van der Waals surface area contributed by atoms with Crippen LogP contribution in [0.4, 0.5) is 17.1 Å². The van der Waals surface area contributed by atoms with Crippen LogP contribution in [0.25, 0.3) is 10.8 Å². The van der Waals surface area contributed by atoms with Crippen LogP contribution in [0, 0.1) is 0 Å². The number of hydrogen-bond donors (Lipinski definition) is 2. The Morgan fingerprint density at radius 2 is 1.72 bits per heavy atom. The van der Waals surface area contributed by atoms with Crippen molar-refractivity contribution in [2.24, 2.45) is 10.2 Å². The number of nitrogens with zero attached hydrogens (tertiary/aromatic N) is 2. The average Bonchev–Trinajstić information content (AvgIpc) is 2.81. The van der Waals surface area contributed by atoms with Crippen molar-refractivity contribution in [2.45, 2.75) is 16.7 Å². The first-order chi connectivity index (χ1) is 17.4. The normalized spacial score (nSPS) is 11.7. The third-order valence-electron chi connectivity index (χ3n) is 4.56. The largest absolute Gasteiger partial charge is 1.00 e. The second-order valence-corrected chi connectivity index (χ2v) is 11.1. The fraction of sp³-hybridized carbons (Fsp3) is 0.150. The first kappa shape index (κ1) is 35.9. The van der Waals surface area contributed by atoms with E-state index in [1.54, 1.807) is 12.1 Å². The summed E-state index contributed by atoms with van der Waals surface area (Å²) in [4.78, 5) is 11.3. The molecule has 0 fully saturated rings. The van der Waals surface area contributed by atoms with Crippen molar-refractivity contribution in [2.75, 3.05) is 17.7 Å². The minimum absolute atomic E-state index is 0. The van der Waals surface area contributed by atoms with Crippen molar-refractivity contribution in [3.8, 4) is 5.75 Å². The van der Waals surface area contributed by atoms with Crippen LogP contribution in [-0.4, -0.2) is 44.8 Å². The molecule has 14 nitrogen and oxygen atoms in total. The van der Waals surface area contributed by atoms with Crippen LogP contribution in [0.15, 0.2) is 68.6 Å². The molecule has 0 aliphatic rings. The second-order valence-electron chi connectivity index (χ2n) is 7.15. The van der Waals surface area contributed by atoms with Crippen LogP contribution < -0.4 is 69.7 Å². The van der Waals surface area contributed by atoms with E-state index in [-0.39, 0.29) is 91.9 Å². The summed E-state index contributed by atoms with van der Waals surface area (Å²) in [7, 11) is -8.97. The number of phenolic OH excluding ortho intramolecular Hbond substituents is 1. The molecule has 0 atom stereocenters. The van der Waals surface area contributed by atoms with E-state index in [2.05, 4.69) is 29.1 Å². The number of anilines is 1. The maximum absolute atomic E-state index is 12.3. The first-order valence-corrected chi connectivity index (χ1v) is 13.7. The van der Waals surface area contributed by atoms with E-state index in [0.717, 1.165) is 0 Å². The number of hydrogen-bond acceptors (Lipinski definition) is 14. The van der Waals surface area contributed by atoms with Gasteiger partial charge >= 0.3 is 59.1 Å². The molecular formula is C20H17N3Na2O11S3. The number of amides is 1. The Kier molecular flexibility index (Phi) is 14.5. The number of aromatic hydroxyl groups is 1. The maximum Gasteiger partial charge on any atom is 1.00 e. The number of carbonyl (C=O) groups excluding carboxylic acids is 1. The van der Waals surface area contributed by atoms with E-state index in [1.165, 1.54) is 43.3 Å². The zero-order valence-electron chi connectivity index (χ0n) is 20.7. The van der Waals surface area contributed by atoms with Crippen LogP contribution in [0.5, 0.6) is 5.75 Å². The molecule has 0 spiro atoms. The third kappa shape index (κ3) is 10.6. The van der Waals surface area contributed by atoms with Crippen LogP contribution >= 0.6 is 12.0 Å². The number of fused-ring (bicyclic) bond motifs is 1. The van der Waals surface area contributed by atoms with Crippen molar-refractivity contribution in [3.05, 3.63) is 48.5 Å². The van der Waals surface area contributed by atoms with Gasteiger partial charge in [0.05, 0.1) is 39.9 Å². The molecule has 0 radical (unpaired) electrons. The van der Waals surface area contributed by atoms with Crippen molar-refractivity contribution in [3.63, 3.8) is 0 Å². The summed E-state index contributed by atoms with van der Waals surface area (Å²) in [5.41, 5.74) is 0.547. The smallest absolute Gasteiger partial charge is 0.726 e. The molecule has 3 aromatic rings. The summed E-state index contributed by atoms with van der Waals surface area (Å²) in [5.74, 6) is -1.36. The van der Waals surface area contributed by atoms with Gasteiger partial charge in [-0.15, -0.1) is 5.11 Å². The van der Waals surface area contributed by atoms with Gasteiger partial charge in [-0.25, -0.2) is 16.8 Å². The van der Waals surface area contributed by atoms with Crippen LogP contribution in [0.1, 0.15) is 6.92 Å². The molecular weight excluding hydrogens is 600 g/mol. The zero-order chi connectivity index (χ0) is 27.2. The topological polar surface area (TPSA) is 216 Å². The van der Waals surface area contributed by atoms with E-state index >= 15 is 0 Å². The van der Waals surface area contributed by atoms with Gasteiger partial charge in [0, 0.05) is 18.0 Å². The van der Waals surface area contributed by atoms with Crippen molar-refractivity contribution in [1.29, 1.82) is 0 Å². The van der Waals surface area contributed by atoms with E-state index < -0.39 is 32.6 Å². The van der Waals surface area contributed by atoms with E-state index in [1.807, 2.05) is 0 Å². The van der Waals surface area contributed by atoms with Gasteiger partial charge in [-0.3, -0.25) is 14.0 Å². The van der Waals surface area contributed by atoms with Crippen LogP contribution in [0.3, 0.4) is 0 Å². The van der Waals surface area contributed by atoms with Gasteiger partial charge in [0.2, 0.25) is 16.3 Å². The minimum Gasteiger partial charge on any atom is -0.726 e. The number of azo groups is 1. The summed E-state index contributed by atoms with van der Waals surface area (Å²) < 4.78 is 64.2. The van der Waals surface area contributed by atoms with E-state index in [4.69, 9.17) is 0 Å². The van der Waals surface area contributed by atoms with Crippen LogP contribution in [0.2, 0.25) is 0 Å². The number of sulfone groups is 1. The molecule has 1 amide bonds. The summed E-state index contributed by atoms with van der Waals surface area (Å²) >= 11 is 0.454. The zero-order valence-corrected chi connectivity index (χ0v) is 27.1. The van der Waals surface area contributed by atoms with Gasteiger partial charge < -0.3 is 20.2 Å². The monoisotopic (exact) mass is 617 g/mol. The molecule has 0 aliphatic carbocycles. The van der Waals surface area contributed by atoms with E-state index in [0.29, 0.717) is 28.5 Å². The molecule has 0 aromatic heterocycles. The summed E-state index contributed by atoms with van der Waals surface area (Å²) in [6, 6.07) is 11.1. The van der Waals surface area contributed by atoms with Gasteiger partial charge in [0.25, 0.3) is 0 Å². The van der Waals surface area contributed by atoms with Crippen molar-refractivity contribution < 1.29 is 109 Å². The average molecular weight is 618 g/mol. The molecule has 198 valence electrons. The van der Waals surface area contributed by atoms with Crippen molar-refractivity contribution in [1.82, 2.24) is 0 Å². The number of phenols is 1. The molecule has 0 saturated carbocycles. The Hall–Kier alpha value is -1.16. The molecule has 0 heterocycles. The Morgan fingerprint density at radius 1 is 1.05 bits per heavy atom. The van der Waals surface area contributed by atoms with Gasteiger partial charge in [0.15, 0.2) is 15.6 Å². The molecule has 3 rings (SSSR count). The number of nitrogens with one attached hydrogen (secondary N) is 1.